The first-order valence-electron chi connectivity index (χ1n) is 4.48. The van der Waals surface area contributed by atoms with Crippen molar-refractivity contribution in [2.45, 2.75) is 6.18 Å². The van der Waals surface area contributed by atoms with Crippen molar-refractivity contribution in [1.29, 1.82) is 0 Å². The Morgan fingerprint density at radius 3 is 2.00 bits per heavy atom. The van der Waals surface area contributed by atoms with Gasteiger partial charge in [0.25, 0.3) is 0 Å². The van der Waals surface area contributed by atoms with E-state index < -0.39 is 33.1 Å². The summed E-state index contributed by atoms with van der Waals surface area (Å²) in [6.45, 7) is 0. The highest BCUT2D eigenvalue weighted by molar-refractivity contribution is 7.91. The molecule has 0 aliphatic heterocycles. The van der Waals surface area contributed by atoms with Gasteiger partial charge in [-0.15, -0.1) is 0 Å². The van der Waals surface area contributed by atoms with E-state index in [1.807, 2.05) is 0 Å². The molecule has 0 saturated carbocycles. The van der Waals surface area contributed by atoms with E-state index >= 15 is 0 Å². The summed E-state index contributed by atoms with van der Waals surface area (Å²) in [4.78, 5) is 11.4. The van der Waals surface area contributed by atoms with Gasteiger partial charge in [-0.05, 0) is 12.1 Å². The second kappa shape index (κ2) is 4.48. The number of hydrogen-bond donors (Lipinski definition) is 0. The number of ketones is 1. The molecular formula is C10H9F3O3S. The van der Waals surface area contributed by atoms with Gasteiger partial charge in [0.05, 0.1) is 5.56 Å². The Morgan fingerprint density at radius 1 is 1.18 bits per heavy atom. The zero-order valence-corrected chi connectivity index (χ0v) is 9.60. The second-order valence-corrected chi connectivity index (χ2v) is 5.71. The van der Waals surface area contributed by atoms with Gasteiger partial charge in [-0.2, -0.15) is 13.2 Å². The number of hydrogen-bond acceptors (Lipinski definition) is 3. The maximum absolute atomic E-state index is 12.2. The van der Waals surface area contributed by atoms with E-state index in [0.29, 0.717) is 0 Å². The molecule has 1 aromatic rings. The Kier molecular flexibility index (Phi) is 3.61. The smallest absolute Gasteiger partial charge is 0.293 e. The highest BCUT2D eigenvalue weighted by atomic mass is 32.2. The molecule has 0 aliphatic rings. The first-order chi connectivity index (χ1) is 7.59. The number of Topliss-reactive ketones (excluding diaryl/α,β-unsaturated/α-hetero) is 1. The van der Waals surface area contributed by atoms with Crippen molar-refractivity contribution < 1.29 is 26.4 Å². The number of carbonyl (C=O) groups excluding carboxylic acids is 1. The summed E-state index contributed by atoms with van der Waals surface area (Å²) in [6, 6.07) is 3.43. The summed E-state index contributed by atoms with van der Waals surface area (Å²) < 4.78 is 58.3. The van der Waals surface area contributed by atoms with Gasteiger partial charge >= 0.3 is 6.18 Å². The van der Waals surface area contributed by atoms with Crippen LogP contribution in [0.1, 0.15) is 15.9 Å². The maximum Gasteiger partial charge on any atom is 0.416 e. The van der Waals surface area contributed by atoms with Gasteiger partial charge in [0, 0.05) is 11.8 Å². The lowest BCUT2D eigenvalue weighted by Gasteiger charge is -2.06. The first kappa shape index (κ1) is 13.7. The van der Waals surface area contributed by atoms with Gasteiger partial charge in [-0.25, -0.2) is 8.42 Å². The molecule has 17 heavy (non-hydrogen) atoms. The van der Waals surface area contributed by atoms with Crippen LogP contribution in [0.5, 0.6) is 0 Å². The van der Waals surface area contributed by atoms with Crippen molar-refractivity contribution >= 4 is 15.6 Å². The minimum Gasteiger partial charge on any atom is -0.293 e. The molecule has 0 aromatic heterocycles. The van der Waals surface area contributed by atoms with Gasteiger partial charge in [0.2, 0.25) is 0 Å². The Hall–Kier alpha value is -1.37. The Bertz CT molecular complexity index is 515. The molecule has 0 heterocycles. The molecule has 1 rings (SSSR count). The molecule has 0 spiro atoms. The average molecular weight is 266 g/mol. The Morgan fingerprint density at radius 2 is 1.65 bits per heavy atom. The molecule has 0 saturated heterocycles. The van der Waals surface area contributed by atoms with Crippen LogP contribution in [0.2, 0.25) is 0 Å². The number of alkyl halides is 3. The van der Waals surface area contributed by atoms with Crippen LogP contribution in [-0.4, -0.2) is 26.2 Å². The molecule has 1 aromatic carbocycles. The summed E-state index contributed by atoms with van der Waals surface area (Å²) in [6.07, 6.45) is -3.59. The van der Waals surface area contributed by atoms with Crippen LogP contribution < -0.4 is 0 Å². The molecule has 0 N–H and O–H groups in total. The molecule has 94 valence electrons. The van der Waals surface area contributed by atoms with E-state index in [-0.39, 0.29) is 5.56 Å². The normalized spacial score (nSPS) is 12.5. The summed E-state index contributed by atoms with van der Waals surface area (Å²) in [5.74, 6) is -1.43. The molecule has 0 unspecified atom stereocenters. The van der Waals surface area contributed by atoms with E-state index in [9.17, 15) is 26.4 Å². The van der Waals surface area contributed by atoms with Crippen LogP contribution in [0.4, 0.5) is 13.2 Å². The fourth-order valence-electron chi connectivity index (χ4n) is 1.17. The van der Waals surface area contributed by atoms with Crippen molar-refractivity contribution in [2.75, 3.05) is 12.0 Å². The van der Waals surface area contributed by atoms with Gasteiger partial charge in [0.1, 0.15) is 5.75 Å². The van der Waals surface area contributed by atoms with Gasteiger partial charge in [0.15, 0.2) is 15.6 Å². The lowest BCUT2D eigenvalue weighted by molar-refractivity contribution is -0.137. The highest BCUT2D eigenvalue weighted by Gasteiger charge is 2.30. The summed E-state index contributed by atoms with van der Waals surface area (Å²) >= 11 is 0. The molecule has 3 nitrogen and oxygen atoms in total. The first-order valence-corrected chi connectivity index (χ1v) is 6.54. The zero-order valence-electron chi connectivity index (χ0n) is 8.78. The standard InChI is InChI=1S/C10H9F3O3S/c1-17(15,16)6-9(14)7-2-4-8(5-3-7)10(11,12)13/h2-5H,6H2,1H3. The highest BCUT2D eigenvalue weighted by Crippen LogP contribution is 2.29. The quantitative estimate of drug-likeness (QED) is 0.785. The third kappa shape index (κ3) is 4.18. The lowest BCUT2D eigenvalue weighted by Crippen LogP contribution is -2.15. The van der Waals surface area contributed by atoms with Gasteiger partial charge < -0.3 is 0 Å². The molecule has 0 aliphatic carbocycles. The minimum absolute atomic E-state index is 0.0524. The molecule has 0 radical (unpaired) electrons. The number of benzene rings is 1. The van der Waals surface area contributed by atoms with E-state index in [4.69, 9.17) is 0 Å². The second-order valence-electron chi connectivity index (χ2n) is 3.57. The maximum atomic E-state index is 12.2. The SMILES string of the molecule is CS(=O)(=O)CC(=O)c1ccc(C(F)(F)F)cc1. The van der Waals surface area contributed by atoms with Crippen LogP contribution in [0.25, 0.3) is 0 Å². The fourth-order valence-corrected chi connectivity index (χ4v) is 1.81. The lowest BCUT2D eigenvalue weighted by atomic mass is 10.1. The molecule has 0 amide bonds. The van der Waals surface area contributed by atoms with Crippen LogP contribution >= 0.6 is 0 Å². The largest absolute Gasteiger partial charge is 0.416 e. The van der Waals surface area contributed by atoms with E-state index in [0.717, 1.165) is 30.5 Å². The van der Waals surface area contributed by atoms with E-state index in [1.165, 1.54) is 0 Å². The predicted molar refractivity (Wildman–Crippen MR) is 55.5 cm³/mol. The van der Waals surface area contributed by atoms with Crippen LogP contribution in [0, 0.1) is 0 Å². The average Bonchev–Trinajstić information content (AvgIpc) is 2.14. The fraction of sp³-hybridized carbons (Fsp3) is 0.300. The summed E-state index contributed by atoms with van der Waals surface area (Å²) in [5, 5.41) is 0. The van der Waals surface area contributed by atoms with Crippen molar-refractivity contribution in [3.05, 3.63) is 35.4 Å². The molecular weight excluding hydrogens is 257 g/mol. The minimum atomic E-state index is -4.47. The van der Waals surface area contributed by atoms with Crippen LogP contribution in [0.15, 0.2) is 24.3 Å². The van der Waals surface area contributed by atoms with Crippen LogP contribution in [0.3, 0.4) is 0 Å². The van der Waals surface area contributed by atoms with Gasteiger partial charge in [-0.3, -0.25) is 4.79 Å². The molecule has 0 atom stereocenters. The van der Waals surface area contributed by atoms with E-state index in [1.54, 1.807) is 0 Å². The monoisotopic (exact) mass is 266 g/mol. The number of rotatable bonds is 3. The number of carbonyl (C=O) groups is 1. The topological polar surface area (TPSA) is 51.2 Å². The summed E-state index contributed by atoms with van der Waals surface area (Å²) in [7, 11) is -3.48. The van der Waals surface area contributed by atoms with Crippen molar-refractivity contribution in [3.8, 4) is 0 Å². The van der Waals surface area contributed by atoms with Crippen molar-refractivity contribution in [3.63, 3.8) is 0 Å². The Balaban J connectivity index is 2.93. The van der Waals surface area contributed by atoms with E-state index in [2.05, 4.69) is 0 Å². The third-order valence-corrected chi connectivity index (χ3v) is 2.71. The van der Waals surface area contributed by atoms with Crippen molar-refractivity contribution in [1.82, 2.24) is 0 Å². The van der Waals surface area contributed by atoms with Gasteiger partial charge in [-0.1, -0.05) is 12.1 Å². The summed E-state index contributed by atoms with van der Waals surface area (Å²) in [5.41, 5.74) is -0.933. The molecule has 0 fully saturated rings. The zero-order chi connectivity index (χ0) is 13.3. The van der Waals surface area contributed by atoms with Crippen molar-refractivity contribution in [2.24, 2.45) is 0 Å². The number of halogens is 3. The van der Waals surface area contributed by atoms with Crippen LogP contribution in [-0.2, 0) is 16.0 Å². The number of sulfone groups is 1. The third-order valence-electron chi connectivity index (χ3n) is 1.93. The predicted octanol–water partition coefficient (Wildman–Crippen LogP) is 1.93. The molecule has 0 bridgehead atoms. The Labute approximate surface area is 96.2 Å². The molecule has 7 heteroatoms.